The lowest BCUT2D eigenvalue weighted by molar-refractivity contribution is -0.115. The zero-order valence-electron chi connectivity index (χ0n) is 18.6. The van der Waals surface area contributed by atoms with Crippen molar-refractivity contribution >= 4 is 39.9 Å². The average molecular weight is 465 g/mol. The predicted octanol–water partition coefficient (Wildman–Crippen LogP) is 5.44. The minimum Gasteiger partial charge on any atom is -0.494 e. The van der Waals surface area contributed by atoms with Crippen molar-refractivity contribution in [1.29, 1.82) is 0 Å². The second-order valence-electron chi connectivity index (χ2n) is 7.50. The molecule has 0 radical (unpaired) electrons. The van der Waals surface area contributed by atoms with Gasteiger partial charge in [0.1, 0.15) is 22.9 Å². The van der Waals surface area contributed by atoms with Gasteiger partial charge in [0, 0.05) is 22.0 Å². The van der Waals surface area contributed by atoms with Crippen LogP contribution in [0.4, 0.5) is 5.69 Å². The third-order valence-electron chi connectivity index (χ3n) is 5.09. The van der Waals surface area contributed by atoms with E-state index < -0.39 is 5.97 Å². The number of anilines is 1. The van der Waals surface area contributed by atoms with E-state index in [1.165, 1.54) is 11.3 Å². The van der Waals surface area contributed by atoms with Gasteiger partial charge in [-0.1, -0.05) is 18.2 Å². The highest BCUT2D eigenvalue weighted by Crippen LogP contribution is 2.29. The molecule has 8 heteroatoms. The number of rotatable bonds is 8. The number of aromatic nitrogens is 1. The summed E-state index contributed by atoms with van der Waals surface area (Å²) in [6, 6.07) is 13.0. The summed E-state index contributed by atoms with van der Waals surface area (Å²) < 4.78 is 16.6. The number of hydrogen-bond acceptors (Lipinski definition) is 7. The molecule has 0 atom stereocenters. The molecule has 1 N–H and O–H groups in total. The maximum atomic E-state index is 12.6. The van der Waals surface area contributed by atoms with Crippen LogP contribution in [0.3, 0.4) is 0 Å². The van der Waals surface area contributed by atoms with Gasteiger partial charge in [-0.2, -0.15) is 0 Å². The molecule has 0 fully saturated rings. The van der Waals surface area contributed by atoms with Gasteiger partial charge in [0.05, 0.1) is 18.7 Å². The first-order chi connectivity index (χ1) is 15.9. The summed E-state index contributed by atoms with van der Waals surface area (Å²) in [4.78, 5) is 29.3. The molecule has 33 heavy (non-hydrogen) atoms. The van der Waals surface area contributed by atoms with Gasteiger partial charge in [-0.05, 0) is 50.6 Å². The number of carbonyl (C=O) groups excluding carboxylic acids is 2. The summed E-state index contributed by atoms with van der Waals surface area (Å²) in [6.45, 7) is 6.21. The first-order valence-electron chi connectivity index (χ1n) is 10.6. The fourth-order valence-corrected chi connectivity index (χ4v) is 4.17. The van der Waals surface area contributed by atoms with E-state index in [9.17, 15) is 9.59 Å². The van der Waals surface area contributed by atoms with Crippen molar-refractivity contribution in [2.24, 2.45) is 0 Å². The second-order valence-corrected chi connectivity index (χ2v) is 8.44. The molecule has 0 aliphatic rings. The van der Waals surface area contributed by atoms with Crippen molar-refractivity contribution in [3.63, 3.8) is 0 Å². The summed E-state index contributed by atoms with van der Waals surface area (Å²) in [5.41, 5.74) is 3.65. The summed E-state index contributed by atoms with van der Waals surface area (Å²) in [5.74, 6) is 0.169. The van der Waals surface area contributed by atoms with Gasteiger partial charge < -0.3 is 19.2 Å². The van der Waals surface area contributed by atoms with Gasteiger partial charge in [-0.3, -0.25) is 4.79 Å². The number of nitrogens with zero attached hydrogens (tertiary/aromatic N) is 1. The van der Waals surface area contributed by atoms with Crippen LogP contribution in [0.2, 0.25) is 0 Å². The van der Waals surface area contributed by atoms with Crippen molar-refractivity contribution in [3.8, 4) is 5.75 Å². The lowest BCUT2D eigenvalue weighted by Gasteiger charge is -2.06. The number of thiazole rings is 1. The molecule has 0 aliphatic heterocycles. The molecule has 2 aromatic heterocycles. The van der Waals surface area contributed by atoms with E-state index in [0.29, 0.717) is 28.5 Å². The Bertz CT molecular complexity index is 1310. The molecule has 4 rings (SSSR count). The maximum Gasteiger partial charge on any atom is 0.374 e. The van der Waals surface area contributed by atoms with Crippen molar-refractivity contribution < 1.29 is 23.5 Å². The Balaban J connectivity index is 1.36. The van der Waals surface area contributed by atoms with Crippen LogP contribution in [0.25, 0.3) is 11.0 Å². The van der Waals surface area contributed by atoms with Crippen molar-refractivity contribution in [2.75, 3.05) is 11.9 Å². The molecule has 0 spiro atoms. The lowest BCUT2D eigenvalue weighted by atomic mass is 10.1. The van der Waals surface area contributed by atoms with E-state index in [-0.39, 0.29) is 24.7 Å². The van der Waals surface area contributed by atoms with E-state index in [4.69, 9.17) is 13.9 Å². The smallest absolute Gasteiger partial charge is 0.374 e. The monoisotopic (exact) mass is 464 g/mol. The van der Waals surface area contributed by atoms with E-state index in [2.05, 4.69) is 10.3 Å². The van der Waals surface area contributed by atoms with Gasteiger partial charge in [0.15, 0.2) is 0 Å². The van der Waals surface area contributed by atoms with Gasteiger partial charge in [0.25, 0.3) is 0 Å². The normalized spacial score (nSPS) is 10.9. The molecule has 1 amide bonds. The molecule has 4 aromatic rings. The van der Waals surface area contributed by atoms with Crippen LogP contribution in [0.1, 0.15) is 39.3 Å². The van der Waals surface area contributed by atoms with E-state index in [1.807, 2.05) is 51.1 Å². The molecular weight excluding hydrogens is 440 g/mol. The minimum atomic E-state index is -0.562. The first kappa shape index (κ1) is 22.5. The predicted molar refractivity (Wildman–Crippen MR) is 127 cm³/mol. The zero-order chi connectivity index (χ0) is 23.4. The molecule has 170 valence electrons. The number of amides is 1. The molecule has 0 bridgehead atoms. The van der Waals surface area contributed by atoms with E-state index in [1.54, 1.807) is 17.5 Å². The molecule has 0 saturated heterocycles. The Morgan fingerprint density at radius 1 is 1.15 bits per heavy atom. The van der Waals surface area contributed by atoms with E-state index in [0.717, 1.165) is 22.4 Å². The Morgan fingerprint density at radius 2 is 1.97 bits per heavy atom. The topological polar surface area (TPSA) is 90.7 Å². The Kier molecular flexibility index (Phi) is 6.74. The van der Waals surface area contributed by atoms with Crippen LogP contribution in [0.15, 0.2) is 52.3 Å². The lowest BCUT2D eigenvalue weighted by Crippen LogP contribution is -2.15. The van der Waals surface area contributed by atoms with Crippen molar-refractivity contribution in [1.82, 2.24) is 4.98 Å². The second kappa shape index (κ2) is 9.87. The van der Waals surface area contributed by atoms with Crippen molar-refractivity contribution in [3.05, 3.63) is 75.4 Å². The highest BCUT2D eigenvalue weighted by Gasteiger charge is 2.20. The third kappa shape index (κ3) is 5.23. The fraction of sp³-hybridized carbons (Fsp3) is 0.240. The highest BCUT2D eigenvalue weighted by molar-refractivity contribution is 7.09. The standard InChI is InChI=1S/C25H24N2O5S/c1-4-30-18-9-10-21-19(11-18)16(3)24(32-21)25(29)31-13-17-14-33-23(26-17)12-22(28)27-20-8-6-5-7-15(20)2/h5-11,14H,4,12-13H2,1-3H3,(H,27,28). The summed E-state index contributed by atoms with van der Waals surface area (Å²) in [7, 11) is 0. The summed E-state index contributed by atoms with van der Waals surface area (Å²) >= 11 is 1.35. The number of carbonyl (C=O) groups is 2. The Morgan fingerprint density at radius 3 is 2.76 bits per heavy atom. The largest absolute Gasteiger partial charge is 0.494 e. The van der Waals surface area contributed by atoms with Crippen LogP contribution in [0.5, 0.6) is 5.75 Å². The van der Waals surface area contributed by atoms with Crippen LogP contribution in [-0.2, 0) is 22.6 Å². The molecular formula is C25H24N2O5S. The number of aryl methyl sites for hydroxylation is 2. The highest BCUT2D eigenvalue weighted by atomic mass is 32.1. The van der Waals surface area contributed by atoms with Crippen LogP contribution in [0, 0.1) is 13.8 Å². The van der Waals surface area contributed by atoms with Gasteiger partial charge in [-0.15, -0.1) is 11.3 Å². The van der Waals surface area contributed by atoms with Crippen molar-refractivity contribution in [2.45, 2.75) is 33.8 Å². The van der Waals surface area contributed by atoms with Gasteiger partial charge in [-0.25, -0.2) is 9.78 Å². The Hall–Kier alpha value is -3.65. The van der Waals surface area contributed by atoms with Crippen LogP contribution >= 0.6 is 11.3 Å². The Labute approximate surface area is 195 Å². The molecule has 2 aromatic carbocycles. The zero-order valence-corrected chi connectivity index (χ0v) is 19.5. The molecule has 7 nitrogen and oxygen atoms in total. The number of fused-ring (bicyclic) bond motifs is 1. The quantitative estimate of drug-likeness (QED) is 0.349. The number of para-hydroxylation sites is 1. The summed E-state index contributed by atoms with van der Waals surface area (Å²) in [6.07, 6.45) is 0.151. The summed E-state index contributed by atoms with van der Waals surface area (Å²) in [5, 5.41) is 6.13. The number of ether oxygens (including phenoxy) is 2. The minimum absolute atomic E-state index is 0.00454. The number of furan rings is 1. The average Bonchev–Trinajstić information content (AvgIpc) is 3.38. The SMILES string of the molecule is CCOc1ccc2oc(C(=O)OCc3csc(CC(=O)Nc4ccccc4C)n3)c(C)c2c1. The molecule has 0 unspecified atom stereocenters. The third-order valence-corrected chi connectivity index (χ3v) is 5.98. The first-order valence-corrected chi connectivity index (χ1v) is 11.4. The molecule has 0 aliphatic carbocycles. The number of nitrogens with one attached hydrogen (secondary N) is 1. The van der Waals surface area contributed by atoms with Gasteiger partial charge in [0.2, 0.25) is 11.7 Å². The fourth-order valence-electron chi connectivity index (χ4n) is 3.40. The van der Waals surface area contributed by atoms with Gasteiger partial charge >= 0.3 is 5.97 Å². The maximum absolute atomic E-state index is 12.6. The van der Waals surface area contributed by atoms with Crippen LogP contribution in [-0.4, -0.2) is 23.5 Å². The van der Waals surface area contributed by atoms with Crippen LogP contribution < -0.4 is 10.1 Å². The number of hydrogen-bond donors (Lipinski definition) is 1. The number of benzene rings is 2. The molecule has 2 heterocycles. The molecule has 0 saturated carbocycles. The van der Waals surface area contributed by atoms with E-state index >= 15 is 0 Å². The number of esters is 1.